The highest BCUT2D eigenvalue weighted by atomic mass is 14.2. The fourth-order valence-corrected chi connectivity index (χ4v) is 2.44. The molecule has 0 heteroatoms. The predicted octanol–water partition coefficient (Wildman–Crippen LogP) is 4.29. The van der Waals surface area contributed by atoms with Crippen molar-refractivity contribution >= 4 is 6.08 Å². The van der Waals surface area contributed by atoms with Gasteiger partial charge >= 0.3 is 0 Å². The summed E-state index contributed by atoms with van der Waals surface area (Å²) in [5, 5.41) is 0. The van der Waals surface area contributed by atoms with Crippen molar-refractivity contribution < 1.29 is 0 Å². The summed E-state index contributed by atoms with van der Waals surface area (Å²) >= 11 is 0. The van der Waals surface area contributed by atoms with Gasteiger partial charge in [0.25, 0.3) is 0 Å². The maximum Gasteiger partial charge on any atom is -0.00134 e. The molecule has 0 saturated carbocycles. The minimum absolute atomic E-state index is 1.08. The fourth-order valence-electron chi connectivity index (χ4n) is 2.44. The van der Waals surface area contributed by atoms with Gasteiger partial charge in [-0.1, -0.05) is 48.6 Å². The van der Waals surface area contributed by atoms with Gasteiger partial charge in [0.2, 0.25) is 0 Å². The van der Waals surface area contributed by atoms with Gasteiger partial charge in [0, 0.05) is 0 Å². The molecule has 0 amide bonds. The van der Waals surface area contributed by atoms with E-state index in [0.717, 1.165) is 6.42 Å². The number of allylic oxidation sites excluding steroid dienone is 1. The molecule has 3 rings (SSSR count). The number of hydrogen-bond donors (Lipinski definition) is 0. The van der Waals surface area contributed by atoms with Crippen molar-refractivity contribution in [3.63, 3.8) is 0 Å². The van der Waals surface area contributed by atoms with E-state index in [2.05, 4.69) is 61.5 Å². The van der Waals surface area contributed by atoms with Gasteiger partial charge in [-0.2, -0.15) is 0 Å². The van der Waals surface area contributed by atoms with Crippen LogP contribution in [0.1, 0.15) is 23.6 Å². The average molecular weight is 206 g/mol. The molecule has 0 nitrogen and oxygen atoms in total. The van der Waals surface area contributed by atoms with Crippen molar-refractivity contribution in [2.45, 2.75) is 13.3 Å². The molecule has 0 saturated heterocycles. The fraction of sp³-hybridized carbons (Fsp3) is 0.125. The Balaban J connectivity index is 2.18. The third kappa shape index (κ3) is 1.38. The molecule has 0 aliphatic heterocycles. The first-order valence-corrected chi connectivity index (χ1v) is 5.72. The zero-order chi connectivity index (χ0) is 11.0. The smallest absolute Gasteiger partial charge is 0.00134 e. The number of rotatable bonds is 1. The Morgan fingerprint density at radius 1 is 0.938 bits per heavy atom. The largest absolute Gasteiger partial charge is 0.0871 e. The van der Waals surface area contributed by atoms with Crippen LogP contribution >= 0.6 is 0 Å². The van der Waals surface area contributed by atoms with E-state index in [-0.39, 0.29) is 0 Å². The van der Waals surface area contributed by atoms with Crippen LogP contribution in [0.25, 0.3) is 17.2 Å². The maximum absolute atomic E-state index is 2.29. The molecule has 1 aliphatic rings. The Labute approximate surface area is 96.3 Å². The summed E-state index contributed by atoms with van der Waals surface area (Å²) in [5.74, 6) is 0. The Kier molecular flexibility index (Phi) is 2.14. The molecule has 0 N–H and O–H groups in total. The van der Waals surface area contributed by atoms with Crippen LogP contribution in [0.4, 0.5) is 0 Å². The van der Waals surface area contributed by atoms with E-state index in [4.69, 9.17) is 0 Å². The zero-order valence-electron chi connectivity index (χ0n) is 9.40. The molecule has 0 radical (unpaired) electrons. The summed E-state index contributed by atoms with van der Waals surface area (Å²) in [7, 11) is 0. The molecule has 78 valence electrons. The molecule has 0 unspecified atom stereocenters. The van der Waals surface area contributed by atoms with E-state index in [9.17, 15) is 0 Å². The number of fused-ring (bicyclic) bond motifs is 3. The van der Waals surface area contributed by atoms with E-state index < -0.39 is 0 Å². The first-order valence-electron chi connectivity index (χ1n) is 5.72. The lowest BCUT2D eigenvalue weighted by molar-refractivity contribution is 1.26. The summed E-state index contributed by atoms with van der Waals surface area (Å²) in [6.07, 6.45) is 5.32. The molecule has 0 atom stereocenters. The highest BCUT2D eigenvalue weighted by Crippen LogP contribution is 2.36. The molecular weight excluding hydrogens is 192 g/mol. The minimum Gasteiger partial charge on any atom is -0.0871 e. The van der Waals surface area contributed by atoms with Gasteiger partial charge < -0.3 is 0 Å². The third-order valence-corrected chi connectivity index (χ3v) is 3.18. The molecule has 0 fully saturated rings. The standard InChI is InChI=1S/C16H14/c1-2-5-12-8-9-14-11-13-6-3-4-7-15(13)16(14)10-12/h2-10H,11H2,1H3. The second kappa shape index (κ2) is 3.64. The van der Waals surface area contributed by atoms with Gasteiger partial charge in [0.15, 0.2) is 0 Å². The first kappa shape index (κ1) is 9.41. The van der Waals surface area contributed by atoms with E-state index >= 15 is 0 Å². The van der Waals surface area contributed by atoms with Crippen LogP contribution < -0.4 is 0 Å². The normalized spacial score (nSPS) is 12.8. The molecule has 0 aromatic heterocycles. The molecule has 2 aromatic rings. The van der Waals surface area contributed by atoms with Crippen LogP contribution in [0.5, 0.6) is 0 Å². The predicted molar refractivity (Wildman–Crippen MR) is 69.4 cm³/mol. The van der Waals surface area contributed by atoms with Gasteiger partial charge in [0.05, 0.1) is 0 Å². The highest BCUT2D eigenvalue weighted by molar-refractivity contribution is 5.78. The van der Waals surface area contributed by atoms with Crippen molar-refractivity contribution in [3.8, 4) is 11.1 Å². The number of benzene rings is 2. The maximum atomic E-state index is 2.29. The molecule has 0 spiro atoms. The second-order valence-electron chi connectivity index (χ2n) is 4.25. The summed E-state index contributed by atoms with van der Waals surface area (Å²) in [4.78, 5) is 0. The quantitative estimate of drug-likeness (QED) is 0.557. The molecule has 0 bridgehead atoms. The Morgan fingerprint density at radius 3 is 2.62 bits per heavy atom. The molecule has 2 aromatic carbocycles. The number of hydrogen-bond acceptors (Lipinski definition) is 0. The van der Waals surface area contributed by atoms with E-state index in [1.54, 1.807) is 0 Å². The lowest BCUT2D eigenvalue weighted by Gasteiger charge is -2.02. The Bertz CT molecular complexity index is 562. The lowest BCUT2D eigenvalue weighted by atomic mass is 10.0. The SMILES string of the molecule is CC=Cc1ccc2c(c1)-c1ccccc1C2. The average Bonchev–Trinajstić information content (AvgIpc) is 2.68. The monoisotopic (exact) mass is 206 g/mol. The highest BCUT2D eigenvalue weighted by Gasteiger charge is 2.17. The zero-order valence-corrected chi connectivity index (χ0v) is 9.40. The van der Waals surface area contributed by atoms with Gasteiger partial charge in [-0.15, -0.1) is 0 Å². The minimum atomic E-state index is 1.08. The van der Waals surface area contributed by atoms with E-state index in [1.165, 1.54) is 27.8 Å². The lowest BCUT2D eigenvalue weighted by Crippen LogP contribution is -1.80. The van der Waals surface area contributed by atoms with E-state index in [1.807, 2.05) is 0 Å². The van der Waals surface area contributed by atoms with Crippen LogP contribution in [0.3, 0.4) is 0 Å². The van der Waals surface area contributed by atoms with Crippen LogP contribution in [-0.2, 0) is 6.42 Å². The van der Waals surface area contributed by atoms with Crippen LogP contribution in [0.2, 0.25) is 0 Å². The van der Waals surface area contributed by atoms with Gasteiger partial charge in [-0.05, 0) is 47.2 Å². The molecule has 16 heavy (non-hydrogen) atoms. The van der Waals surface area contributed by atoms with Gasteiger partial charge in [0.1, 0.15) is 0 Å². The van der Waals surface area contributed by atoms with E-state index in [0.29, 0.717) is 0 Å². The summed E-state index contributed by atoms with van der Waals surface area (Å²) in [5.41, 5.74) is 7.01. The third-order valence-electron chi connectivity index (χ3n) is 3.18. The van der Waals surface area contributed by atoms with Crippen molar-refractivity contribution in [1.82, 2.24) is 0 Å². The molecule has 0 heterocycles. The van der Waals surface area contributed by atoms with Crippen LogP contribution in [-0.4, -0.2) is 0 Å². The summed E-state index contributed by atoms with van der Waals surface area (Å²) in [6, 6.07) is 15.4. The summed E-state index contributed by atoms with van der Waals surface area (Å²) in [6.45, 7) is 2.06. The van der Waals surface area contributed by atoms with Gasteiger partial charge in [-0.25, -0.2) is 0 Å². The topological polar surface area (TPSA) is 0 Å². The Morgan fingerprint density at radius 2 is 1.75 bits per heavy atom. The molecule has 1 aliphatic carbocycles. The van der Waals surface area contributed by atoms with Crippen LogP contribution in [0, 0.1) is 0 Å². The van der Waals surface area contributed by atoms with Crippen molar-refractivity contribution in [2.24, 2.45) is 0 Å². The van der Waals surface area contributed by atoms with Gasteiger partial charge in [-0.3, -0.25) is 0 Å². The molecular formula is C16H14. The van der Waals surface area contributed by atoms with Crippen LogP contribution in [0.15, 0.2) is 48.5 Å². The van der Waals surface area contributed by atoms with Crippen molar-refractivity contribution in [1.29, 1.82) is 0 Å². The second-order valence-corrected chi connectivity index (χ2v) is 4.25. The van der Waals surface area contributed by atoms with Crippen molar-refractivity contribution in [2.75, 3.05) is 0 Å². The first-order chi connectivity index (χ1) is 7.88. The van der Waals surface area contributed by atoms with Crippen molar-refractivity contribution in [3.05, 3.63) is 65.2 Å². The Hall–Kier alpha value is -1.82. The summed E-state index contributed by atoms with van der Waals surface area (Å²) < 4.78 is 0.